The molecule has 1 saturated heterocycles. The molecule has 0 aliphatic carbocycles. The molecule has 0 saturated carbocycles. The molecule has 3 atom stereocenters. The van der Waals surface area contributed by atoms with Gasteiger partial charge in [-0.25, -0.2) is 9.78 Å². The van der Waals surface area contributed by atoms with E-state index in [0.29, 0.717) is 5.75 Å². The Hall–Kier alpha value is -3.50. The molecule has 1 aromatic heterocycles. The number of oxime groups is 1. The number of β-lactam (4-membered cyclic amide) rings is 1. The van der Waals surface area contributed by atoms with Crippen LogP contribution in [0.1, 0.15) is 39.8 Å². The summed E-state index contributed by atoms with van der Waals surface area (Å²) >= 11 is 2.39. The Balaban J connectivity index is 1.60. The molecule has 2 aliphatic heterocycles. The average molecular weight is 583 g/mol. The summed E-state index contributed by atoms with van der Waals surface area (Å²) in [5.41, 5.74) is 5.16. The quantitative estimate of drug-likeness (QED) is 0.115. The summed E-state index contributed by atoms with van der Waals surface area (Å²) in [6.45, 7) is 6.55. The number of esters is 2. The number of hydrogen-bond acceptors (Lipinski definition) is 13. The molecular weight excluding hydrogens is 552 g/mol. The topological polar surface area (TPSA) is 192 Å². The van der Waals surface area contributed by atoms with E-state index in [1.54, 1.807) is 0 Å². The number of ether oxygens (including phenoxy) is 2. The number of amides is 3. The van der Waals surface area contributed by atoms with Gasteiger partial charge in [0.25, 0.3) is 11.8 Å². The lowest BCUT2D eigenvalue weighted by molar-refractivity contribution is -0.169. The molecular formula is C23H30N6O8S2. The van der Waals surface area contributed by atoms with Crippen LogP contribution in [0.2, 0.25) is 0 Å². The summed E-state index contributed by atoms with van der Waals surface area (Å²) in [6.07, 6.45) is 1.68. The number of thioether (sulfide) groups is 1. The first kappa shape index (κ1) is 30.0. The number of thiazole rings is 1. The maximum atomic E-state index is 13.0. The Bertz CT molecular complexity index is 1210. The molecule has 3 heterocycles. The Morgan fingerprint density at radius 1 is 1.28 bits per heavy atom. The molecule has 39 heavy (non-hydrogen) atoms. The van der Waals surface area contributed by atoms with Gasteiger partial charge in [-0.1, -0.05) is 25.9 Å². The SMILES string of the molecule is CON=C(C(=O)NC1C(=O)N2C(C(=O)OCOC(=O)CC(C)(C)C)=CCS[C@H]12)c1csc(NC(=O)[C@H](C)N)n1. The van der Waals surface area contributed by atoms with Gasteiger partial charge in [0.2, 0.25) is 12.7 Å². The lowest BCUT2D eigenvalue weighted by atomic mass is 9.93. The second-order valence-corrected chi connectivity index (χ2v) is 11.7. The van der Waals surface area contributed by atoms with Crippen molar-refractivity contribution in [3.05, 3.63) is 22.8 Å². The van der Waals surface area contributed by atoms with Crippen LogP contribution in [0, 0.1) is 5.41 Å². The summed E-state index contributed by atoms with van der Waals surface area (Å²) < 4.78 is 9.99. The van der Waals surface area contributed by atoms with Crippen molar-refractivity contribution < 1.29 is 38.3 Å². The third-order valence-corrected chi connectivity index (χ3v) is 7.16. The predicted octanol–water partition coefficient (Wildman–Crippen LogP) is 0.543. The molecule has 1 unspecified atom stereocenters. The summed E-state index contributed by atoms with van der Waals surface area (Å²) in [5.74, 6) is -2.69. The molecule has 3 amide bonds. The summed E-state index contributed by atoms with van der Waals surface area (Å²) in [5, 5.41) is 9.98. The Labute approximate surface area is 232 Å². The van der Waals surface area contributed by atoms with Crippen molar-refractivity contribution in [2.24, 2.45) is 16.3 Å². The molecule has 0 aromatic carbocycles. The highest BCUT2D eigenvalue weighted by molar-refractivity contribution is 8.00. The normalized spacial score (nSPS) is 19.6. The van der Waals surface area contributed by atoms with Gasteiger partial charge in [-0.2, -0.15) is 0 Å². The van der Waals surface area contributed by atoms with E-state index in [9.17, 15) is 24.0 Å². The number of nitrogens with zero attached hydrogens (tertiary/aromatic N) is 3. The number of nitrogens with one attached hydrogen (secondary N) is 2. The summed E-state index contributed by atoms with van der Waals surface area (Å²) in [4.78, 5) is 72.3. The van der Waals surface area contributed by atoms with Gasteiger partial charge in [-0.3, -0.25) is 24.1 Å². The van der Waals surface area contributed by atoms with Gasteiger partial charge in [-0.05, 0) is 18.4 Å². The standard InChI is InChI=1S/C23H30N6O8S2/c1-11(24)17(31)27-22-25-12(9-39-22)15(28-35-5)18(32)26-16-19(33)29-13(6-7-38-20(16)29)21(34)37-10-36-14(30)8-23(2,3)4/h6,9,11,16,20H,7-8,10,24H2,1-5H3,(H,26,32)(H,25,27,31)/t11-,16?,20+/m0/s1. The number of hydrogen-bond donors (Lipinski definition) is 3. The van der Waals surface area contributed by atoms with E-state index in [2.05, 4.69) is 20.8 Å². The molecule has 3 rings (SSSR count). The van der Waals surface area contributed by atoms with Crippen molar-refractivity contribution in [2.45, 2.75) is 51.6 Å². The van der Waals surface area contributed by atoms with E-state index >= 15 is 0 Å². The highest BCUT2D eigenvalue weighted by atomic mass is 32.2. The van der Waals surface area contributed by atoms with Crippen molar-refractivity contribution >= 4 is 63.6 Å². The van der Waals surface area contributed by atoms with Gasteiger partial charge in [0, 0.05) is 11.1 Å². The highest BCUT2D eigenvalue weighted by Gasteiger charge is 2.53. The Kier molecular flexibility index (Phi) is 9.68. The summed E-state index contributed by atoms with van der Waals surface area (Å²) in [7, 11) is 1.24. The van der Waals surface area contributed by atoms with E-state index in [1.165, 1.54) is 42.2 Å². The van der Waals surface area contributed by atoms with Crippen molar-refractivity contribution in [2.75, 3.05) is 25.0 Å². The number of aromatic nitrogens is 1. The molecule has 212 valence electrons. The lowest BCUT2D eigenvalue weighted by Crippen LogP contribution is -2.70. The monoisotopic (exact) mass is 582 g/mol. The zero-order valence-corrected chi connectivity index (χ0v) is 23.6. The maximum absolute atomic E-state index is 13.0. The van der Waals surface area contributed by atoms with Crippen LogP contribution in [0.3, 0.4) is 0 Å². The van der Waals surface area contributed by atoms with E-state index < -0.39 is 53.9 Å². The molecule has 4 N–H and O–H groups in total. The van der Waals surface area contributed by atoms with E-state index in [0.717, 1.165) is 11.3 Å². The molecule has 0 radical (unpaired) electrons. The lowest BCUT2D eigenvalue weighted by Gasteiger charge is -2.48. The third-order valence-electron chi connectivity index (χ3n) is 5.21. The van der Waals surface area contributed by atoms with Crippen LogP contribution in [0.25, 0.3) is 0 Å². The van der Waals surface area contributed by atoms with Crippen LogP contribution in [0.5, 0.6) is 0 Å². The fourth-order valence-electron chi connectivity index (χ4n) is 3.40. The second kappa shape index (κ2) is 12.6. The van der Waals surface area contributed by atoms with E-state index in [1.807, 2.05) is 20.8 Å². The molecule has 2 aliphatic rings. The number of anilines is 1. The number of carbonyl (C=O) groups is 5. The first-order valence-electron chi connectivity index (χ1n) is 11.7. The van der Waals surface area contributed by atoms with Crippen LogP contribution in [-0.4, -0.2) is 82.4 Å². The van der Waals surface area contributed by atoms with Crippen molar-refractivity contribution in [3.8, 4) is 0 Å². The average Bonchev–Trinajstić information content (AvgIpc) is 3.31. The number of nitrogens with two attached hydrogens (primary N) is 1. The van der Waals surface area contributed by atoms with Crippen LogP contribution >= 0.6 is 23.1 Å². The smallest absolute Gasteiger partial charge is 0.357 e. The maximum Gasteiger partial charge on any atom is 0.357 e. The minimum atomic E-state index is -0.957. The van der Waals surface area contributed by atoms with E-state index in [4.69, 9.17) is 20.0 Å². The van der Waals surface area contributed by atoms with Crippen molar-refractivity contribution in [1.82, 2.24) is 15.2 Å². The van der Waals surface area contributed by atoms with Gasteiger partial charge in [0.1, 0.15) is 29.9 Å². The predicted molar refractivity (Wildman–Crippen MR) is 142 cm³/mol. The van der Waals surface area contributed by atoms with E-state index in [-0.39, 0.29) is 34.1 Å². The van der Waals surface area contributed by atoms with Crippen LogP contribution in [0.15, 0.2) is 22.3 Å². The molecule has 14 nitrogen and oxygen atoms in total. The number of fused-ring (bicyclic) bond motifs is 1. The Morgan fingerprint density at radius 3 is 2.64 bits per heavy atom. The molecule has 16 heteroatoms. The zero-order chi connectivity index (χ0) is 28.9. The van der Waals surface area contributed by atoms with Gasteiger partial charge in [0.15, 0.2) is 10.8 Å². The minimum absolute atomic E-state index is 0.000850. The first-order valence-corrected chi connectivity index (χ1v) is 13.7. The second-order valence-electron chi connectivity index (χ2n) is 9.71. The van der Waals surface area contributed by atoms with Gasteiger partial charge in [0.05, 0.1) is 12.5 Å². The molecule has 0 bridgehead atoms. The molecule has 0 spiro atoms. The summed E-state index contributed by atoms with van der Waals surface area (Å²) in [6, 6.07) is -1.71. The minimum Gasteiger partial charge on any atom is -0.428 e. The third kappa shape index (κ3) is 7.54. The molecule has 1 fully saturated rings. The fourth-order valence-corrected chi connectivity index (χ4v) is 5.29. The first-order chi connectivity index (χ1) is 18.3. The van der Waals surface area contributed by atoms with Crippen LogP contribution < -0.4 is 16.4 Å². The van der Waals surface area contributed by atoms with Gasteiger partial charge in [-0.15, -0.1) is 23.1 Å². The van der Waals surface area contributed by atoms with Crippen LogP contribution in [0.4, 0.5) is 5.13 Å². The van der Waals surface area contributed by atoms with Gasteiger partial charge >= 0.3 is 11.9 Å². The number of carbonyl (C=O) groups excluding carboxylic acids is 5. The zero-order valence-electron chi connectivity index (χ0n) is 22.0. The molecule has 1 aromatic rings. The highest BCUT2D eigenvalue weighted by Crippen LogP contribution is 2.38. The largest absolute Gasteiger partial charge is 0.428 e. The number of rotatable bonds is 10. The van der Waals surface area contributed by atoms with Crippen molar-refractivity contribution in [3.63, 3.8) is 0 Å². The van der Waals surface area contributed by atoms with Gasteiger partial charge < -0.3 is 30.7 Å². The Morgan fingerprint density at radius 2 is 2.00 bits per heavy atom. The fraction of sp³-hybridized carbons (Fsp3) is 0.522. The van der Waals surface area contributed by atoms with Crippen LogP contribution in [-0.2, 0) is 38.3 Å². The van der Waals surface area contributed by atoms with Crippen molar-refractivity contribution in [1.29, 1.82) is 0 Å².